The zero-order valence-corrected chi connectivity index (χ0v) is 13.5. The summed E-state index contributed by atoms with van der Waals surface area (Å²) in [5.74, 6) is 1.67. The van der Waals surface area contributed by atoms with Gasteiger partial charge in [-0.2, -0.15) is 0 Å². The normalized spacial score (nSPS) is 11.6. The summed E-state index contributed by atoms with van der Waals surface area (Å²) < 4.78 is 2.25. The maximum absolute atomic E-state index is 4.65. The third kappa shape index (κ3) is 2.50. The molecule has 0 aliphatic heterocycles. The Morgan fingerprint density at radius 3 is 2.57 bits per heavy atom. The fraction of sp³-hybridized carbons (Fsp3) is 0.190. The van der Waals surface area contributed by atoms with Gasteiger partial charge < -0.3 is 0 Å². The quantitative estimate of drug-likeness (QED) is 0.498. The average molecular weight is 300 g/mol. The van der Waals surface area contributed by atoms with Crippen LogP contribution in [0.5, 0.6) is 0 Å². The summed E-state index contributed by atoms with van der Waals surface area (Å²) in [6.07, 6.45) is 3.06. The lowest BCUT2D eigenvalue weighted by molar-refractivity contribution is 0.648. The van der Waals surface area contributed by atoms with Crippen molar-refractivity contribution < 1.29 is 0 Å². The predicted molar refractivity (Wildman–Crippen MR) is 96.7 cm³/mol. The Morgan fingerprint density at radius 1 is 0.957 bits per heavy atom. The van der Waals surface area contributed by atoms with E-state index in [4.69, 9.17) is 0 Å². The molecule has 0 bridgehead atoms. The molecule has 114 valence electrons. The Morgan fingerprint density at radius 2 is 1.78 bits per heavy atom. The number of hydrogen-bond acceptors (Lipinski definition) is 1. The van der Waals surface area contributed by atoms with Gasteiger partial charge in [0.15, 0.2) is 0 Å². The monoisotopic (exact) mass is 300 g/mol. The molecule has 0 radical (unpaired) electrons. The van der Waals surface area contributed by atoms with Crippen molar-refractivity contribution in [2.45, 2.75) is 20.3 Å². The lowest BCUT2D eigenvalue weighted by atomic mass is 10.0. The first kappa shape index (κ1) is 14.0. The second kappa shape index (κ2) is 5.54. The molecular weight excluding hydrogens is 280 g/mol. The summed E-state index contributed by atoms with van der Waals surface area (Å²) >= 11 is 0. The molecule has 0 saturated heterocycles. The number of benzene rings is 2. The Labute approximate surface area is 136 Å². The Kier molecular flexibility index (Phi) is 3.38. The third-order valence-corrected chi connectivity index (χ3v) is 4.23. The number of fused-ring (bicyclic) bond motifs is 3. The van der Waals surface area contributed by atoms with Crippen molar-refractivity contribution in [1.82, 2.24) is 9.38 Å². The molecule has 0 unspecified atom stereocenters. The Balaban J connectivity index is 1.95. The maximum Gasteiger partial charge on any atom is 0.144 e. The van der Waals surface area contributed by atoms with Crippen molar-refractivity contribution in [3.8, 4) is 11.4 Å². The molecule has 0 atom stereocenters. The van der Waals surface area contributed by atoms with E-state index in [-0.39, 0.29) is 0 Å². The van der Waals surface area contributed by atoms with E-state index in [0.29, 0.717) is 5.92 Å². The smallest absolute Gasteiger partial charge is 0.144 e. The molecule has 0 amide bonds. The number of nitrogens with zero attached hydrogens (tertiary/aromatic N) is 2. The highest BCUT2D eigenvalue weighted by Gasteiger charge is 2.09. The molecule has 0 fully saturated rings. The van der Waals surface area contributed by atoms with E-state index in [1.165, 1.54) is 16.5 Å². The summed E-state index contributed by atoms with van der Waals surface area (Å²) in [6.45, 7) is 4.52. The SMILES string of the molecule is CC(C)Cc1ccc2c(ccc3cnc(-c4ccccc4)n32)c1. The van der Waals surface area contributed by atoms with Gasteiger partial charge in [0.1, 0.15) is 5.82 Å². The van der Waals surface area contributed by atoms with Gasteiger partial charge in [0.25, 0.3) is 0 Å². The van der Waals surface area contributed by atoms with Gasteiger partial charge >= 0.3 is 0 Å². The van der Waals surface area contributed by atoms with Crippen LogP contribution in [0.25, 0.3) is 27.8 Å². The molecule has 2 aromatic carbocycles. The topological polar surface area (TPSA) is 17.3 Å². The van der Waals surface area contributed by atoms with Gasteiger partial charge in [0.05, 0.1) is 17.2 Å². The van der Waals surface area contributed by atoms with Crippen LogP contribution in [0.1, 0.15) is 19.4 Å². The minimum absolute atomic E-state index is 0.671. The van der Waals surface area contributed by atoms with Gasteiger partial charge in [-0.1, -0.05) is 56.3 Å². The number of hydrogen-bond donors (Lipinski definition) is 0. The second-order valence-corrected chi connectivity index (χ2v) is 6.53. The Bertz CT molecular complexity index is 965. The van der Waals surface area contributed by atoms with E-state index in [2.05, 4.69) is 77.8 Å². The van der Waals surface area contributed by atoms with E-state index >= 15 is 0 Å². The van der Waals surface area contributed by atoms with Crippen LogP contribution < -0.4 is 0 Å². The molecule has 23 heavy (non-hydrogen) atoms. The summed E-state index contributed by atoms with van der Waals surface area (Å²) in [6, 6.07) is 21.5. The highest BCUT2D eigenvalue weighted by Crippen LogP contribution is 2.26. The zero-order valence-electron chi connectivity index (χ0n) is 13.5. The molecule has 2 heteroatoms. The van der Waals surface area contributed by atoms with Crippen molar-refractivity contribution in [2.24, 2.45) is 5.92 Å². The first-order valence-electron chi connectivity index (χ1n) is 8.17. The van der Waals surface area contributed by atoms with Crippen molar-refractivity contribution in [2.75, 3.05) is 0 Å². The molecular formula is C21H20N2. The third-order valence-electron chi connectivity index (χ3n) is 4.23. The van der Waals surface area contributed by atoms with Crippen LogP contribution in [0.2, 0.25) is 0 Å². The highest BCUT2D eigenvalue weighted by atomic mass is 15.0. The van der Waals surface area contributed by atoms with Crippen LogP contribution in [0.3, 0.4) is 0 Å². The molecule has 0 aliphatic rings. The fourth-order valence-electron chi connectivity index (χ4n) is 3.24. The average Bonchev–Trinajstić information content (AvgIpc) is 2.99. The Hall–Kier alpha value is -2.61. The van der Waals surface area contributed by atoms with Gasteiger partial charge in [-0.3, -0.25) is 4.40 Å². The van der Waals surface area contributed by atoms with E-state index in [1.54, 1.807) is 0 Å². The van der Waals surface area contributed by atoms with Gasteiger partial charge in [-0.25, -0.2) is 4.98 Å². The van der Waals surface area contributed by atoms with Crippen LogP contribution in [-0.4, -0.2) is 9.38 Å². The molecule has 2 heterocycles. The lowest BCUT2D eigenvalue weighted by Crippen LogP contribution is -1.96. The summed E-state index contributed by atoms with van der Waals surface area (Å²) in [4.78, 5) is 4.65. The van der Waals surface area contributed by atoms with Crippen LogP contribution in [-0.2, 0) is 6.42 Å². The molecule has 0 aliphatic carbocycles. The molecule has 2 aromatic heterocycles. The van der Waals surface area contributed by atoms with Crippen LogP contribution >= 0.6 is 0 Å². The summed E-state index contributed by atoms with van der Waals surface area (Å²) in [5.41, 5.74) is 4.89. The van der Waals surface area contributed by atoms with Gasteiger partial charge in [-0.15, -0.1) is 0 Å². The van der Waals surface area contributed by atoms with Gasteiger partial charge in [0.2, 0.25) is 0 Å². The van der Waals surface area contributed by atoms with Crippen LogP contribution in [0.4, 0.5) is 0 Å². The largest absolute Gasteiger partial charge is 0.292 e. The van der Waals surface area contributed by atoms with Crippen molar-refractivity contribution in [3.05, 3.63) is 72.4 Å². The lowest BCUT2D eigenvalue weighted by Gasteiger charge is -2.10. The maximum atomic E-state index is 4.65. The van der Waals surface area contributed by atoms with Crippen LogP contribution in [0, 0.1) is 5.92 Å². The summed E-state index contributed by atoms with van der Waals surface area (Å²) in [7, 11) is 0. The zero-order chi connectivity index (χ0) is 15.8. The van der Waals surface area contributed by atoms with E-state index < -0.39 is 0 Å². The number of imidazole rings is 1. The van der Waals surface area contributed by atoms with Gasteiger partial charge in [0, 0.05) is 5.56 Å². The molecule has 0 N–H and O–H groups in total. The van der Waals surface area contributed by atoms with Crippen LogP contribution in [0.15, 0.2) is 66.9 Å². The second-order valence-electron chi connectivity index (χ2n) is 6.53. The molecule has 2 nitrogen and oxygen atoms in total. The van der Waals surface area contributed by atoms with Gasteiger partial charge in [-0.05, 0) is 41.5 Å². The number of rotatable bonds is 3. The number of pyridine rings is 1. The minimum Gasteiger partial charge on any atom is -0.292 e. The van der Waals surface area contributed by atoms with E-state index in [1.807, 2.05) is 12.3 Å². The molecule has 4 aromatic rings. The highest BCUT2D eigenvalue weighted by molar-refractivity contribution is 5.85. The van der Waals surface area contributed by atoms with Crippen molar-refractivity contribution in [1.29, 1.82) is 0 Å². The molecule has 0 spiro atoms. The van der Waals surface area contributed by atoms with Crippen molar-refractivity contribution in [3.63, 3.8) is 0 Å². The molecule has 4 rings (SSSR count). The van der Waals surface area contributed by atoms with E-state index in [9.17, 15) is 0 Å². The minimum atomic E-state index is 0.671. The first-order chi connectivity index (χ1) is 11.2. The number of aromatic nitrogens is 2. The molecule has 0 saturated carbocycles. The van der Waals surface area contributed by atoms with E-state index in [0.717, 1.165) is 23.3 Å². The summed E-state index contributed by atoms with van der Waals surface area (Å²) in [5, 5.41) is 1.27. The first-order valence-corrected chi connectivity index (χ1v) is 8.17. The fourth-order valence-corrected chi connectivity index (χ4v) is 3.24. The standard InChI is InChI=1S/C21H20N2/c1-15(2)12-16-8-11-20-18(13-16)9-10-19-14-22-21(23(19)20)17-6-4-3-5-7-17/h3-11,13-15H,12H2,1-2H3. The van der Waals surface area contributed by atoms with Crippen molar-refractivity contribution >= 4 is 16.4 Å². The predicted octanol–water partition coefficient (Wildman–Crippen LogP) is 5.35.